The van der Waals surface area contributed by atoms with Crippen molar-refractivity contribution >= 4 is 20.2 Å². The Labute approximate surface area is 120 Å². The second-order valence-electron chi connectivity index (χ2n) is 5.48. The molecule has 0 atom stereocenters. The van der Waals surface area contributed by atoms with Crippen LogP contribution in [0.5, 0.6) is 11.5 Å². The van der Waals surface area contributed by atoms with Crippen LogP contribution in [0.25, 0.3) is 0 Å². The third-order valence-corrected chi connectivity index (χ3v) is 3.23. The predicted octanol–water partition coefficient (Wildman–Crippen LogP) is 1.66. The first kappa shape index (κ1) is 16.8. The minimum absolute atomic E-state index is 0.110. The van der Waals surface area contributed by atoms with E-state index in [1.54, 1.807) is 0 Å². The van der Waals surface area contributed by atoms with E-state index in [0.717, 1.165) is 12.5 Å². The van der Waals surface area contributed by atoms with Crippen molar-refractivity contribution in [2.24, 2.45) is 0 Å². The molecule has 0 radical (unpaired) electrons. The lowest BCUT2D eigenvalue weighted by atomic mass is 9.86. The first-order chi connectivity index (χ1) is 8.78. The normalized spacial score (nSPS) is 13.1. The maximum Gasteiger partial charge on any atom is 0.306 e. The van der Waals surface area contributed by atoms with Gasteiger partial charge in [-0.3, -0.25) is 0 Å². The maximum absolute atomic E-state index is 11.2. The van der Waals surface area contributed by atoms with Crippen LogP contribution in [0.15, 0.2) is 18.2 Å². The predicted molar refractivity (Wildman–Crippen MR) is 76.1 cm³/mol. The highest BCUT2D eigenvalue weighted by Gasteiger charge is 2.22. The monoisotopic (exact) mass is 322 g/mol. The maximum atomic E-state index is 11.2. The van der Waals surface area contributed by atoms with Crippen LogP contribution in [0.4, 0.5) is 0 Å². The largest absolute Gasteiger partial charge is 0.383 e. The lowest BCUT2D eigenvalue weighted by molar-refractivity contribution is 0.468. The highest BCUT2D eigenvalue weighted by Crippen LogP contribution is 2.35. The second kappa shape index (κ2) is 5.25. The molecule has 0 heterocycles. The molecule has 0 aliphatic heterocycles. The summed E-state index contributed by atoms with van der Waals surface area (Å²) in [4.78, 5) is 0. The van der Waals surface area contributed by atoms with Gasteiger partial charge in [0.2, 0.25) is 0 Å². The zero-order chi connectivity index (χ0) is 15.8. The standard InChI is InChI=1S/C12H18O6S2/c1-12(2,3)10-8-9(17-19(4,13)14)6-7-11(10)18-20(5,15)16/h6-8H,1-5H3. The zero-order valence-electron chi connectivity index (χ0n) is 12.0. The molecule has 0 saturated heterocycles. The van der Waals surface area contributed by atoms with E-state index < -0.39 is 25.7 Å². The van der Waals surface area contributed by atoms with Crippen molar-refractivity contribution in [2.45, 2.75) is 26.2 Å². The van der Waals surface area contributed by atoms with Crippen LogP contribution >= 0.6 is 0 Å². The molecule has 0 aliphatic carbocycles. The fourth-order valence-electron chi connectivity index (χ4n) is 1.56. The highest BCUT2D eigenvalue weighted by atomic mass is 32.2. The Bertz CT molecular complexity index is 696. The Morgan fingerprint density at radius 1 is 0.900 bits per heavy atom. The zero-order valence-corrected chi connectivity index (χ0v) is 13.6. The summed E-state index contributed by atoms with van der Waals surface area (Å²) in [6.45, 7) is 5.55. The molecule has 0 unspecified atom stereocenters. The molecule has 1 aromatic carbocycles. The van der Waals surface area contributed by atoms with Crippen LogP contribution in [-0.2, 0) is 25.7 Å². The van der Waals surface area contributed by atoms with Crippen molar-refractivity contribution in [3.63, 3.8) is 0 Å². The Kier molecular flexibility index (Phi) is 4.40. The van der Waals surface area contributed by atoms with Gasteiger partial charge >= 0.3 is 20.2 Å². The lowest BCUT2D eigenvalue weighted by Crippen LogP contribution is -2.16. The molecule has 0 spiro atoms. The van der Waals surface area contributed by atoms with E-state index in [2.05, 4.69) is 0 Å². The first-order valence-electron chi connectivity index (χ1n) is 5.71. The molecular weight excluding hydrogens is 304 g/mol. The Morgan fingerprint density at radius 2 is 1.40 bits per heavy atom. The summed E-state index contributed by atoms with van der Waals surface area (Å²) in [5.74, 6) is 0.263. The fraction of sp³-hybridized carbons (Fsp3) is 0.500. The highest BCUT2D eigenvalue weighted by molar-refractivity contribution is 7.86. The first-order valence-corrected chi connectivity index (χ1v) is 9.35. The van der Waals surface area contributed by atoms with Gasteiger partial charge in [-0.1, -0.05) is 20.8 Å². The Balaban J connectivity index is 3.35. The van der Waals surface area contributed by atoms with Gasteiger partial charge in [-0.15, -0.1) is 0 Å². The molecule has 114 valence electrons. The summed E-state index contributed by atoms with van der Waals surface area (Å²) in [5.41, 5.74) is 0.0840. The van der Waals surface area contributed by atoms with Crippen molar-refractivity contribution < 1.29 is 25.2 Å². The summed E-state index contributed by atoms with van der Waals surface area (Å²) in [7, 11) is -7.31. The second-order valence-corrected chi connectivity index (χ2v) is 8.63. The van der Waals surface area contributed by atoms with E-state index in [9.17, 15) is 16.8 Å². The average molecular weight is 322 g/mol. The van der Waals surface area contributed by atoms with Crippen LogP contribution in [0.1, 0.15) is 26.3 Å². The SMILES string of the molecule is CC(C)(C)c1cc(OS(C)(=O)=O)ccc1OS(C)(=O)=O. The van der Waals surface area contributed by atoms with Gasteiger partial charge in [-0.25, -0.2) is 0 Å². The average Bonchev–Trinajstić information content (AvgIpc) is 2.14. The van der Waals surface area contributed by atoms with Gasteiger partial charge in [-0.2, -0.15) is 16.8 Å². The summed E-state index contributed by atoms with van der Waals surface area (Å²) in [6, 6.07) is 4.18. The number of hydrogen-bond donors (Lipinski definition) is 0. The molecule has 1 rings (SSSR count). The van der Waals surface area contributed by atoms with Crippen LogP contribution in [0, 0.1) is 0 Å². The third-order valence-electron chi connectivity index (χ3n) is 2.25. The van der Waals surface area contributed by atoms with Gasteiger partial charge in [0.1, 0.15) is 11.5 Å². The van der Waals surface area contributed by atoms with Crippen molar-refractivity contribution in [1.29, 1.82) is 0 Å². The molecule has 20 heavy (non-hydrogen) atoms. The summed E-state index contributed by atoms with van der Waals surface area (Å²) >= 11 is 0. The minimum atomic E-state index is -3.67. The number of benzene rings is 1. The Morgan fingerprint density at radius 3 is 1.80 bits per heavy atom. The van der Waals surface area contributed by atoms with Crippen molar-refractivity contribution in [3.8, 4) is 11.5 Å². The molecule has 8 heteroatoms. The van der Waals surface area contributed by atoms with Gasteiger partial charge in [0.25, 0.3) is 0 Å². The smallest absolute Gasteiger partial charge is 0.306 e. The Hall–Kier alpha value is -1.28. The summed E-state index contributed by atoms with van der Waals surface area (Å²) in [6.07, 6.45) is 1.88. The van der Waals surface area contributed by atoms with Crippen molar-refractivity contribution in [2.75, 3.05) is 12.5 Å². The molecule has 0 saturated carbocycles. The van der Waals surface area contributed by atoms with Crippen molar-refractivity contribution in [1.82, 2.24) is 0 Å². The van der Waals surface area contributed by atoms with E-state index >= 15 is 0 Å². The van der Waals surface area contributed by atoms with E-state index in [1.807, 2.05) is 20.8 Å². The molecular formula is C12H18O6S2. The lowest BCUT2D eigenvalue weighted by Gasteiger charge is -2.22. The molecule has 0 aliphatic rings. The summed E-state index contributed by atoms with van der Waals surface area (Å²) in [5, 5.41) is 0. The van der Waals surface area contributed by atoms with Gasteiger partial charge < -0.3 is 8.37 Å². The van der Waals surface area contributed by atoms with E-state index in [1.165, 1.54) is 18.2 Å². The van der Waals surface area contributed by atoms with Crippen LogP contribution in [0.2, 0.25) is 0 Å². The van der Waals surface area contributed by atoms with E-state index in [4.69, 9.17) is 8.37 Å². The topological polar surface area (TPSA) is 86.7 Å². The molecule has 6 nitrogen and oxygen atoms in total. The quantitative estimate of drug-likeness (QED) is 0.784. The fourth-order valence-corrected chi connectivity index (χ4v) is 2.48. The van der Waals surface area contributed by atoms with E-state index in [0.29, 0.717) is 5.56 Å². The molecule has 0 N–H and O–H groups in total. The molecule has 1 aromatic rings. The molecule has 0 amide bonds. The minimum Gasteiger partial charge on any atom is -0.383 e. The van der Waals surface area contributed by atoms with Crippen LogP contribution in [-0.4, -0.2) is 29.3 Å². The van der Waals surface area contributed by atoms with E-state index in [-0.39, 0.29) is 11.5 Å². The van der Waals surface area contributed by atoms with Gasteiger partial charge in [0, 0.05) is 5.56 Å². The number of hydrogen-bond acceptors (Lipinski definition) is 6. The van der Waals surface area contributed by atoms with Gasteiger partial charge in [0.05, 0.1) is 12.5 Å². The molecule has 0 aromatic heterocycles. The van der Waals surface area contributed by atoms with Gasteiger partial charge in [0.15, 0.2) is 0 Å². The molecule has 0 fully saturated rings. The van der Waals surface area contributed by atoms with Crippen molar-refractivity contribution in [3.05, 3.63) is 23.8 Å². The summed E-state index contributed by atoms with van der Waals surface area (Å²) < 4.78 is 54.4. The molecule has 0 bridgehead atoms. The third kappa shape index (κ3) is 5.38. The number of rotatable bonds is 4. The van der Waals surface area contributed by atoms with Crippen LogP contribution < -0.4 is 8.37 Å². The van der Waals surface area contributed by atoms with Gasteiger partial charge in [-0.05, 0) is 23.6 Å². The van der Waals surface area contributed by atoms with Crippen LogP contribution in [0.3, 0.4) is 0 Å².